The molecule has 0 amide bonds. The smallest absolute Gasteiger partial charge is 0.417 e. The minimum absolute atomic E-state index is 0. The number of carboxylic acids is 1. The van der Waals surface area contributed by atoms with Crippen LogP contribution in [0, 0.1) is 30.5 Å². The molecule has 1 unspecified atom stereocenters. The second kappa shape index (κ2) is 10.1. The van der Waals surface area contributed by atoms with E-state index in [9.17, 15) is 22.4 Å². The largest absolute Gasteiger partial charge is 0.488 e. The number of hydrogen-bond donors (Lipinski definition) is 1. The van der Waals surface area contributed by atoms with Gasteiger partial charge in [0.2, 0.25) is 0 Å². The zero-order valence-electron chi connectivity index (χ0n) is 18.2. The number of likely N-dealkylation sites (tertiary alicyclic amines) is 1. The Labute approximate surface area is 200 Å². The zero-order valence-corrected chi connectivity index (χ0v) is 19.0. The highest BCUT2D eigenvalue weighted by molar-refractivity contribution is 5.85. The van der Waals surface area contributed by atoms with Crippen molar-refractivity contribution in [2.75, 3.05) is 26.2 Å². The summed E-state index contributed by atoms with van der Waals surface area (Å²) >= 11 is 0. The van der Waals surface area contributed by atoms with Crippen molar-refractivity contribution in [1.82, 2.24) is 4.90 Å². The van der Waals surface area contributed by atoms with E-state index in [1.165, 1.54) is 18.2 Å². The van der Waals surface area contributed by atoms with E-state index in [-0.39, 0.29) is 41.5 Å². The Morgan fingerprint density at radius 2 is 2.00 bits per heavy atom. The third-order valence-electron chi connectivity index (χ3n) is 5.72. The van der Waals surface area contributed by atoms with E-state index in [0.717, 1.165) is 11.6 Å². The van der Waals surface area contributed by atoms with Crippen LogP contribution >= 0.6 is 12.4 Å². The Hall–Kier alpha value is -3.02. The maximum atomic E-state index is 14.8. The van der Waals surface area contributed by atoms with E-state index in [1.807, 2.05) is 4.90 Å². The fourth-order valence-corrected chi connectivity index (χ4v) is 4.04. The quantitative estimate of drug-likeness (QED) is 0.472. The van der Waals surface area contributed by atoms with Crippen LogP contribution in [-0.4, -0.2) is 42.2 Å². The van der Waals surface area contributed by atoms with E-state index in [1.54, 1.807) is 19.1 Å². The van der Waals surface area contributed by atoms with Gasteiger partial charge in [0.05, 0.1) is 17.0 Å². The van der Waals surface area contributed by atoms with Gasteiger partial charge in [0.1, 0.15) is 18.2 Å². The van der Waals surface area contributed by atoms with Crippen molar-refractivity contribution >= 4 is 24.5 Å². The van der Waals surface area contributed by atoms with E-state index in [2.05, 4.69) is 11.8 Å². The molecule has 0 bridgehead atoms. The second-order valence-corrected chi connectivity index (χ2v) is 8.32. The van der Waals surface area contributed by atoms with Crippen LogP contribution in [0.15, 0.2) is 35.9 Å². The van der Waals surface area contributed by atoms with Gasteiger partial charge in [-0.05, 0) is 55.8 Å². The molecule has 0 spiro atoms. The van der Waals surface area contributed by atoms with Crippen molar-refractivity contribution in [2.24, 2.45) is 5.92 Å². The molecule has 4 rings (SSSR count). The predicted molar refractivity (Wildman–Crippen MR) is 121 cm³/mol. The summed E-state index contributed by atoms with van der Waals surface area (Å²) < 4.78 is 60.4. The fourth-order valence-electron chi connectivity index (χ4n) is 4.04. The highest BCUT2D eigenvalue weighted by Gasteiger charge is 2.33. The topological polar surface area (TPSA) is 49.8 Å². The van der Waals surface area contributed by atoms with Crippen molar-refractivity contribution in [3.05, 3.63) is 69.5 Å². The predicted octanol–water partition coefficient (Wildman–Crippen LogP) is 5.16. The average molecular weight is 496 g/mol. The van der Waals surface area contributed by atoms with Gasteiger partial charge in [-0.1, -0.05) is 23.5 Å². The van der Waals surface area contributed by atoms with Gasteiger partial charge in [0, 0.05) is 24.2 Å². The molecule has 1 fully saturated rings. The molecule has 0 radical (unpaired) electrons. The van der Waals surface area contributed by atoms with Gasteiger partial charge in [-0.15, -0.1) is 12.4 Å². The Morgan fingerprint density at radius 3 is 2.68 bits per heavy atom. The monoisotopic (exact) mass is 495 g/mol. The van der Waals surface area contributed by atoms with Gasteiger partial charge in [0.15, 0.2) is 0 Å². The Bertz CT molecular complexity index is 1200. The Balaban J connectivity index is 0.00000324. The number of hydrogen-bond acceptors (Lipinski definition) is 3. The first kappa shape index (κ1) is 25.6. The minimum Gasteiger partial charge on any atom is -0.488 e. The summed E-state index contributed by atoms with van der Waals surface area (Å²) in [5, 5.41) is 9.13. The molecule has 2 heterocycles. The summed E-state index contributed by atoms with van der Waals surface area (Å²) in [5.41, 5.74) is 0.739. The maximum absolute atomic E-state index is 14.8. The first-order chi connectivity index (χ1) is 15.6. The van der Waals surface area contributed by atoms with Crippen LogP contribution in [0.1, 0.15) is 34.2 Å². The molecule has 180 valence electrons. The molecule has 2 aliphatic heterocycles. The van der Waals surface area contributed by atoms with Gasteiger partial charge in [-0.3, -0.25) is 9.69 Å². The number of halogens is 5. The number of nitrogens with zero attached hydrogens (tertiary/aromatic N) is 1. The van der Waals surface area contributed by atoms with Gasteiger partial charge in [0.25, 0.3) is 0 Å². The minimum atomic E-state index is -4.54. The lowest BCUT2D eigenvalue weighted by atomic mass is 10.0. The zero-order chi connectivity index (χ0) is 23.8. The van der Waals surface area contributed by atoms with Gasteiger partial charge in [-0.2, -0.15) is 13.2 Å². The highest BCUT2D eigenvalue weighted by Crippen LogP contribution is 2.33. The number of rotatable bonds is 3. The maximum Gasteiger partial charge on any atom is 0.417 e. The van der Waals surface area contributed by atoms with Crippen molar-refractivity contribution in [2.45, 2.75) is 19.5 Å². The summed E-state index contributed by atoms with van der Waals surface area (Å²) in [7, 11) is 0. The van der Waals surface area contributed by atoms with Crippen LogP contribution < -0.4 is 4.74 Å². The molecule has 1 N–H and O–H groups in total. The molecule has 1 atom stereocenters. The average Bonchev–Trinajstić information content (AvgIpc) is 3.21. The highest BCUT2D eigenvalue weighted by atomic mass is 35.5. The molecule has 2 aliphatic rings. The third-order valence-corrected chi connectivity index (χ3v) is 5.72. The van der Waals surface area contributed by atoms with Gasteiger partial charge in [-0.25, -0.2) is 4.39 Å². The SMILES string of the molecule is Cc1ccc(C#Cc2cc(F)c3c(c2)OCC(CN2CCC(C(=O)O)C2)=C3)c(C(F)(F)F)c1.Cl. The third kappa shape index (κ3) is 5.72. The van der Waals surface area contributed by atoms with Crippen LogP contribution in [-0.2, 0) is 11.0 Å². The van der Waals surface area contributed by atoms with Gasteiger partial charge < -0.3 is 9.84 Å². The number of fused-ring (bicyclic) bond motifs is 1. The molecule has 2 aromatic rings. The lowest BCUT2D eigenvalue weighted by molar-refractivity contribution is -0.141. The van der Waals surface area contributed by atoms with Gasteiger partial charge >= 0.3 is 12.1 Å². The number of alkyl halides is 3. The lowest BCUT2D eigenvalue weighted by Crippen LogP contribution is -2.27. The molecule has 34 heavy (non-hydrogen) atoms. The van der Waals surface area contributed by atoms with E-state index in [4.69, 9.17) is 9.84 Å². The van der Waals surface area contributed by atoms with Crippen molar-refractivity contribution in [1.29, 1.82) is 0 Å². The normalized spacial score (nSPS) is 17.6. The lowest BCUT2D eigenvalue weighted by Gasteiger charge is -2.22. The molecule has 1 saturated heterocycles. The number of benzene rings is 2. The van der Waals surface area contributed by atoms with Crippen LogP contribution in [0.4, 0.5) is 17.6 Å². The van der Waals surface area contributed by atoms with Crippen LogP contribution in [0.2, 0.25) is 0 Å². The molecule has 2 aromatic carbocycles. The van der Waals surface area contributed by atoms with E-state index < -0.39 is 29.4 Å². The molecule has 0 aliphatic carbocycles. The number of aliphatic carboxylic acids is 1. The Kier molecular flexibility index (Phi) is 7.59. The van der Waals surface area contributed by atoms with Crippen molar-refractivity contribution < 1.29 is 32.2 Å². The molecular weight excluding hydrogens is 474 g/mol. The Morgan fingerprint density at radius 1 is 1.24 bits per heavy atom. The van der Waals surface area contributed by atoms with E-state index >= 15 is 0 Å². The van der Waals surface area contributed by atoms with Crippen molar-refractivity contribution in [3.8, 4) is 17.6 Å². The standard InChI is InChI=1S/C25H21F4NO3.ClH/c1-15-2-4-18(21(8-15)25(27,28)29)5-3-16-10-22(26)20-9-17(14-33-23(20)11-16)12-30-7-6-19(13-30)24(31)32;/h2,4,8-11,19H,6-7,12-14H2,1H3,(H,31,32);1H. The molecule has 4 nitrogen and oxygen atoms in total. The van der Waals surface area contributed by atoms with Crippen molar-refractivity contribution in [3.63, 3.8) is 0 Å². The number of aryl methyl sites for hydroxylation is 1. The molecule has 9 heteroatoms. The second-order valence-electron chi connectivity index (χ2n) is 8.32. The molecular formula is C25H22ClF4NO3. The number of carboxylic acid groups (broad SMARTS) is 1. The first-order valence-electron chi connectivity index (χ1n) is 10.4. The molecule has 0 aromatic heterocycles. The summed E-state index contributed by atoms with van der Waals surface area (Å²) in [5.74, 6) is 3.59. The number of carbonyl (C=O) groups is 1. The van der Waals surface area contributed by atoms with Crippen LogP contribution in [0.3, 0.4) is 0 Å². The summed E-state index contributed by atoms with van der Waals surface area (Å²) in [4.78, 5) is 13.1. The number of ether oxygens (including phenoxy) is 1. The van der Waals surface area contributed by atoms with E-state index in [0.29, 0.717) is 31.6 Å². The molecule has 0 saturated carbocycles. The van der Waals surface area contributed by atoms with Crippen LogP contribution in [0.5, 0.6) is 5.75 Å². The summed E-state index contributed by atoms with van der Waals surface area (Å²) in [6.45, 7) is 3.36. The first-order valence-corrected chi connectivity index (χ1v) is 10.4. The summed E-state index contributed by atoms with van der Waals surface area (Å²) in [6.07, 6.45) is -2.28. The fraction of sp³-hybridized carbons (Fsp3) is 0.320. The van der Waals surface area contributed by atoms with Crippen LogP contribution in [0.25, 0.3) is 6.08 Å². The summed E-state index contributed by atoms with van der Waals surface area (Å²) in [6, 6.07) is 6.56.